The largest absolute Gasteiger partial charge is 0.444 e. The van der Waals surface area contributed by atoms with E-state index in [1.807, 2.05) is 27.7 Å². The van der Waals surface area contributed by atoms with Crippen molar-refractivity contribution in [2.45, 2.75) is 53.6 Å². The fourth-order valence-electron chi connectivity index (χ4n) is 2.44. The molecule has 0 spiro atoms. The van der Waals surface area contributed by atoms with Crippen molar-refractivity contribution in [2.24, 2.45) is 5.41 Å². The first-order valence-electron chi connectivity index (χ1n) is 7.68. The maximum Gasteiger partial charge on any atom is 0.407 e. The van der Waals surface area contributed by atoms with Crippen molar-refractivity contribution in [2.75, 3.05) is 13.2 Å². The third kappa shape index (κ3) is 6.48. The van der Waals surface area contributed by atoms with Crippen molar-refractivity contribution >= 4 is 6.09 Å². The number of nitrogens with one attached hydrogen (secondary N) is 1. The lowest BCUT2D eigenvalue weighted by molar-refractivity contribution is 0.0478. The fourth-order valence-corrected chi connectivity index (χ4v) is 2.44. The van der Waals surface area contributed by atoms with Crippen LogP contribution >= 0.6 is 0 Å². The molecular formula is C18H29NO3. The first-order chi connectivity index (χ1) is 10.0. The molecule has 0 aromatic heterocycles. The SMILES string of the molecule is Cc1cc(C)cc(CC(C)(CO)CNC(=O)OC(C)(C)C)c1. The van der Waals surface area contributed by atoms with E-state index in [1.165, 1.54) is 16.7 Å². The number of aryl methyl sites for hydroxylation is 2. The van der Waals surface area contributed by atoms with Gasteiger partial charge in [-0.1, -0.05) is 36.2 Å². The van der Waals surface area contributed by atoms with Gasteiger partial charge in [0.15, 0.2) is 0 Å². The maximum absolute atomic E-state index is 11.8. The van der Waals surface area contributed by atoms with E-state index in [1.54, 1.807) is 0 Å². The molecule has 0 aliphatic carbocycles. The van der Waals surface area contributed by atoms with E-state index in [9.17, 15) is 9.90 Å². The second kappa shape index (κ2) is 7.14. The first kappa shape index (κ1) is 18.5. The molecule has 0 heterocycles. The second-order valence-corrected chi connectivity index (χ2v) is 7.50. The molecule has 1 rings (SSSR count). The van der Waals surface area contributed by atoms with Gasteiger partial charge >= 0.3 is 6.09 Å². The van der Waals surface area contributed by atoms with Crippen molar-refractivity contribution in [3.8, 4) is 0 Å². The van der Waals surface area contributed by atoms with Crippen LogP contribution in [0.5, 0.6) is 0 Å². The van der Waals surface area contributed by atoms with E-state index in [-0.39, 0.29) is 6.61 Å². The summed E-state index contributed by atoms with van der Waals surface area (Å²) in [6.07, 6.45) is 0.245. The Hall–Kier alpha value is -1.55. The van der Waals surface area contributed by atoms with Gasteiger partial charge < -0.3 is 15.2 Å². The van der Waals surface area contributed by atoms with Gasteiger partial charge in [-0.05, 0) is 46.6 Å². The zero-order chi connectivity index (χ0) is 17.0. The quantitative estimate of drug-likeness (QED) is 0.877. The van der Waals surface area contributed by atoms with Crippen LogP contribution in [0.2, 0.25) is 0 Å². The fraction of sp³-hybridized carbons (Fsp3) is 0.611. The van der Waals surface area contributed by atoms with Crippen LogP contribution in [0.3, 0.4) is 0 Å². The van der Waals surface area contributed by atoms with Crippen LogP contribution in [0.1, 0.15) is 44.4 Å². The summed E-state index contributed by atoms with van der Waals surface area (Å²) in [7, 11) is 0. The van der Waals surface area contributed by atoms with E-state index in [2.05, 4.69) is 37.4 Å². The molecule has 0 bridgehead atoms. The Kier molecular flexibility index (Phi) is 6.00. The van der Waals surface area contributed by atoms with Gasteiger partial charge in [-0.25, -0.2) is 4.79 Å². The van der Waals surface area contributed by atoms with Gasteiger partial charge in [-0.3, -0.25) is 0 Å². The van der Waals surface area contributed by atoms with Crippen molar-refractivity contribution in [3.63, 3.8) is 0 Å². The molecule has 2 N–H and O–H groups in total. The molecule has 22 heavy (non-hydrogen) atoms. The van der Waals surface area contributed by atoms with Gasteiger partial charge in [-0.15, -0.1) is 0 Å². The van der Waals surface area contributed by atoms with Gasteiger partial charge in [0.05, 0.1) is 6.61 Å². The minimum Gasteiger partial charge on any atom is -0.444 e. The van der Waals surface area contributed by atoms with E-state index < -0.39 is 17.1 Å². The average Bonchev–Trinajstić information content (AvgIpc) is 2.33. The number of rotatable bonds is 5. The number of aliphatic hydroxyl groups excluding tert-OH is 1. The van der Waals surface area contributed by atoms with Crippen LogP contribution < -0.4 is 5.32 Å². The molecule has 0 aliphatic rings. The number of aliphatic hydroxyl groups is 1. The Morgan fingerprint density at radius 2 is 1.68 bits per heavy atom. The van der Waals surface area contributed by atoms with Crippen LogP contribution in [0.15, 0.2) is 18.2 Å². The van der Waals surface area contributed by atoms with Gasteiger partial charge in [-0.2, -0.15) is 0 Å². The number of carbonyl (C=O) groups is 1. The minimum absolute atomic E-state index is 0.00418. The summed E-state index contributed by atoms with van der Waals surface area (Å²) in [5.74, 6) is 0. The van der Waals surface area contributed by atoms with Crippen LogP contribution in [0.25, 0.3) is 0 Å². The highest BCUT2D eigenvalue weighted by atomic mass is 16.6. The lowest BCUT2D eigenvalue weighted by Crippen LogP contribution is -2.41. The highest BCUT2D eigenvalue weighted by Gasteiger charge is 2.26. The lowest BCUT2D eigenvalue weighted by Gasteiger charge is -2.29. The number of ether oxygens (including phenoxy) is 1. The Bertz CT molecular complexity index is 499. The molecule has 0 aliphatic heterocycles. The molecule has 1 atom stereocenters. The maximum atomic E-state index is 11.8. The summed E-state index contributed by atoms with van der Waals surface area (Å²) in [5.41, 5.74) is 2.63. The van der Waals surface area contributed by atoms with E-state index in [4.69, 9.17) is 4.74 Å². The van der Waals surface area contributed by atoms with Crippen LogP contribution in [-0.2, 0) is 11.2 Å². The van der Waals surface area contributed by atoms with Crippen LogP contribution in [0, 0.1) is 19.3 Å². The Balaban J connectivity index is 2.69. The summed E-state index contributed by atoms with van der Waals surface area (Å²) in [4.78, 5) is 11.8. The summed E-state index contributed by atoms with van der Waals surface area (Å²) in [5, 5.41) is 12.5. The number of alkyl carbamates (subject to hydrolysis) is 1. The number of amides is 1. The third-order valence-electron chi connectivity index (χ3n) is 3.35. The number of carbonyl (C=O) groups excluding carboxylic acids is 1. The Morgan fingerprint density at radius 3 is 2.14 bits per heavy atom. The van der Waals surface area contributed by atoms with E-state index in [0.717, 1.165) is 0 Å². The highest BCUT2D eigenvalue weighted by molar-refractivity contribution is 5.67. The second-order valence-electron chi connectivity index (χ2n) is 7.50. The molecule has 0 saturated carbocycles. The normalized spacial score (nSPS) is 14.3. The minimum atomic E-state index is -0.520. The van der Waals surface area contributed by atoms with Gasteiger partial charge in [0.2, 0.25) is 0 Å². The molecule has 1 aromatic rings. The van der Waals surface area contributed by atoms with Crippen molar-refractivity contribution in [1.29, 1.82) is 0 Å². The Morgan fingerprint density at radius 1 is 1.14 bits per heavy atom. The number of hydrogen-bond acceptors (Lipinski definition) is 3. The molecule has 0 fully saturated rings. The van der Waals surface area contributed by atoms with Gasteiger partial charge in [0.1, 0.15) is 5.60 Å². The van der Waals surface area contributed by atoms with E-state index in [0.29, 0.717) is 13.0 Å². The molecule has 0 saturated heterocycles. The number of hydrogen-bond donors (Lipinski definition) is 2. The van der Waals surface area contributed by atoms with Gasteiger partial charge in [0.25, 0.3) is 0 Å². The molecule has 1 unspecified atom stereocenters. The number of benzene rings is 1. The predicted molar refractivity (Wildman–Crippen MR) is 89.0 cm³/mol. The van der Waals surface area contributed by atoms with Crippen LogP contribution in [-0.4, -0.2) is 30.0 Å². The summed E-state index contributed by atoms with van der Waals surface area (Å²) < 4.78 is 5.23. The summed E-state index contributed by atoms with van der Waals surface area (Å²) in [6.45, 7) is 11.9. The summed E-state index contributed by atoms with van der Waals surface area (Å²) in [6, 6.07) is 6.36. The lowest BCUT2D eigenvalue weighted by atomic mass is 9.83. The van der Waals surface area contributed by atoms with E-state index >= 15 is 0 Å². The summed E-state index contributed by atoms with van der Waals surface area (Å²) >= 11 is 0. The molecule has 1 amide bonds. The zero-order valence-electron chi connectivity index (χ0n) is 14.6. The average molecular weight is 307 g/mol. The van der Waals surface area contributed by atoms with Crippen LogP contribution in [0.4, 0.5) is 4.79 Å². The molecule has 0 radical (unpaired) electrons. The molecule has 1 aromatic carbocycles. The first-order valence-corrected chi connectivity index (χ1v) is 7.68. The van der Waals surface area contributed by atoms with Gasteiger partial charge in [0, 0.05) is 12.0 Å². The topological polar surface area (TPSA) is 58.6 Å². The molecule has 124 valence electrons. The third-order valence-corrected chi connectivity index (χ3v) is 3.35. The molecule has 4 heteroatoms. The monoisotopic (exact) mass is 307 g/mol. The molecular weight excluding hydrogens is 278 g/mol. The Labute approximate surface area is 133 Å². The highest BCUT2D eigenvalue weighted by Crippen LogP contribution is 2.23. The standard InChI is InChI=1S/C18H29NO3/c1-13-7-14(2)9-15(8-13)10-18(6,12-20)11-19-16(21)22-17(3,4)5/h7-9,20H,10-12H2,1-6H3,(H,19,21). The van der Waals surface area contributed by atoms with Crippen molar-refractivity contribution in [3.05, 3.63) is 34.9 Å². The zero-order valence-corrected chi connectivity index (χ0v) is 14.6. The van der Waals surface area contributed by atoms with Crippen molar-refractivity contribution in [1.82, 2.24) is 5.32 Å². The smallest absolute Gasteiger partial charge is 0.407 e. The molecule has 4 nitrogen and oxygen atoms in total. The van der Waals surface area contributed by atoms with Crippen molar-refractivity contribution < 1.29 is 14.6 Å². The predicted octanol–water partition coefficient (Wildman–Crippen LogP) is 3.37.